The van der Waals surface area contributed by atoms with Gasteiger partial charge in [-0.1, -0.05) is 24.3 Å². The van der Waals surface area contributed by atoms with Gasteiger partial charge in [0.2, 0.25) is 0 Å². The lowest BCUT2D eigenvalue weighted by molar-refractivity contribution is 0.272. The summed E-state index contributed by atoms with van der Waals surface area (Å²) in [6, 6.07) is 12.4. The highest BCUT2D eigenvalue weighted by molar-refractivity contribution is 5.58. The lowest BCUT2D eigenvalue weighted by Crippen LogP contribution is -2.28. The van der Waals surface area contributed by atoms with E-state index in [9.17, 15) is 4.79 Å². The number of likely N-dealkylation sites (tertiary alicyclic amines) is 1. The Morgan fingerprint density at radius 3 is 2.67 bits per heavy atom. The molecule has 1 aromatic heterocycles. The van der Waals surface area contributed by atoms with Crippen LogP contribution < -0.4 is 5.56 Å². The van der Waals surface area contributed by atoms with Crippen LogP contribution in [0.15, 0.2) is 41.2 Å². The van der Waals surface area contributed by atoms with E-state index in [0.717, 1.165) is 30.3 Å². The molecular weight excluding hydrogens is 262 g/mol. The van der Waals surface area contributed by atoms with Crippen molar-refractivity contribution in [2.45, 2.75) is 32.2 Å². The summed E-state index contributed by atoms with van der Waals surface area (Å²) >= 11 is 0. The molecule has 0 aliphatic carbocycles. The number of nitrogens with one attached hydrogen (secondary N) is 1. The third-order valence-corrected chi connectivity index (χ3v) is 4.31. The van der Waals surface area contributed by atoms with Crippen LogP contribution in [0.5, 0.6) is 0 Å². The molecule has 0 unspecified atom stereocenters. The van der Waals surface area contributed by atoms with Crippen LogP contribution in [-0.2, 0) is 6.42 Å². The van der Waals surface area contributed by atoms with E-state index in [4.69, 9.17) is 0 Å². The molecule has 3 rings (SSSR count). The Kier molecular flexibility index (Phi) is 4.15. The Bertz CT molecular complexity index is 627. The summed E-state index contributed by atoms with van der Waals surface area (Å²) in [4.78, 5) is 13.6. The average molecular weight is 283 g/mol. The minimum absolute atomic E-state index is 0.171. The second kappa shape index (κ2) is 6.22. The monoisotopic (exact) mass is 283 g/mol. The zero-order valence-corrected chi connectivity index (χ0v) is 12.4. The van der Waals surface area contributed by atoms with E-state index in [1.807, 2.05) is 0 Å². The summed E-state index contributed by atoms with van der Waals surface area (Å²) in [6.07, 6.45) is 3.75. The molecule has 0 amide bonds. The maximum atomic E-state index is 11.0. The number of aromatic nitrogens is 2. The van der Waals surface area contributed by atoms with Gasteiger partial charge in [-0.05, 0) is 44.4 Å². The van der Waals surface area contributed by atoms with Gasteiger partial charge in [0.05, 0.1) is 5.69 Å². The summed E-state index contributed by atoms with van der Waals surface area (Å²) in [5, 5.41) is 6.52. The Labute approximate surface area is 124 Å². The number of hydrogen-bond acceptors (Lipinski definition) is 3. The third-order valence-electron chi connectivity index (χ3n) is 4.31. The van der Waals surface area contributed by atoms with Crippen molar-refractivity contribution in [3.05, 3.63) is 52.3 Å². The van der Waals surface area contributed by atoms with Gasteiger partial charge in [-0.3, -0.25) is 4.79 Å². The maximum Gasteiger partial charge on any atom is 0.264 e. The highest BCUT2D eigenvalue weighted by Crippen LogP contribution is 2.19. The van der Waals surface area contributed by atoms with E-state index in [1.54, 1.807) is 6.07 Å². The maximum absolute atomic E-state index is 11.0. The first-order valence-electron chi connectivity index (χ1n) is 7.61. The van der Waals surface area contributed by atoms with Crippen molar-refractivity contribution in [2.24, 2.45) is 0 Å². The second-order valence-electron chi connectivity index (χ2n) is 5.78. The summed E-state index contributed by atoms with van der Waals surface area (Å²) < 4.78 is 0. The molecule has 1 aromatic carbocycles. The zero-order valence-electron chi connectivity index (χ0n) is 12.4. The fourth-order valence-corrected chi connectivity index (χ4v) is 2.95. The van der Waals surface area contributed by atoms with Gasteiger partial charge in [0.15, 0.2) is 0 Å². The molecule has 21 heavy (non-hydrogen) atoms. The van der Waals surface area contributed by atoms with Crippen LogP contribution in [0.3, 0.4) is 0 Å². The Hall–Kier alpha value is -1.94. The lowest BCUT2D eigenvalue weighted by atomic mass is 10.1. The summed E-state index contributed by atoms with van der Waals surface area (Å²) in [5.41, 5.74) is 3.01. The molecule has 1 fully saturated rings. The second-order valence-corrected chi connectivity index (χ2v) is 5.78. The van der Waals surface area contributed by atoms with Gasteiger partial charge in [0.1, 0.15) is 0 Å². The molecule has 0 bridgehead atoms. The molecule has 4 nitrogen and oxygen atoms in total. The van der Waals surface area contributed by atoms with Crippen molar-refractivity contribution in [3.63, 3.8) is 0 Å². The van der Waals surface area contributed by atoms with Crippen molar-refractivity contribution < 1.29 is 0 Å². The fraction of sp³-hybridized carbons (Fsp3) is 0.412. The van der Waals surface area contributed by atoms with Crippen molar-refractivity contribution in [2.75, 3.05) is 13.1 Å². The van der Waals surface area contributed by atoms with Crippen LogP contribution >= 0.6 is 0 Å². The van der Waals surface area contributed by atoms with Gasteiger partial charge < -0.3 is 4.90 Å². The number of hydrogen-bond donors (Lipinski definition) is 1. The average Bonchev–Trinajstić information content (AvgIpc) is 2.92. The van der Waals surface area contributed by atoms with E-state index < -0.39 is 0 Å². The lowest BCUT2D eigenvalue weighted by Gasteiger charge is -2.20. The van der Waals surface area contributed by atoms with E-state index >= 15 is 0 Å². The highest BCUT2D eigenvalue weighted by Gasteiger charge is 2.19. The summed E-state index contributed by atoms with van der Waals surface area (Å²) in [7, 11) is 0. The topological polar surface area (TPSA) is 49.0 Å². The third kappa shape index (κ3) is 3.39. The van der Waals surface area contributed by atoms with Crippen LogP contribution in [-0.4, -0.2) is 34.2 Å². The van der Waals surface area contributed by atoms with Crippen LogP contribution in [0, 0.1) is 0 Å². The molecule has 1 atom stereocenters. The molecule has 1 saturated heterocycles. The van der Waals surface area contributed by atoms with Crippen LogP contribution in [0.1, 0.15) is 25.3 Å². The van der Waals surface area contributed by atoms with Gasteiger partial charge in [-0.15, -0.1) is 0 Å². The number of H-pyrrole nitrogens is 1. The normalized spacial score (nSPS) is 19.0. The molecule has 2 heterocycles. The Morgan fingerprint density at radius 2 is 2.05 bits per heavy atom. The molecule has 2 aromatic rings. The summed E-state index contributed by atoms with van der Waals surface area (Å²) in [6.45, 7) is 4.69. The van der Waals surface area contributed by atoms with Gasteiger partial charge in [-0.25, -0.2) is 5.10 Å². The molecule has 1 N–H and O–H groups in total. The van der Waals surface area contributed by atoms with E-state index in [2.05, 4.69) is 46.3 Å². The Balaban J connectivity index is 1.64. The van der Waals surface area contributed by atoms with Crippen LogP contribution in [0.2, 0.25) is 0 Å². The fourth-order valence-electron chi connectivity index (χ4n) is 2.95. The van der Waals surface area contributed by atoms with Crippen molar-refractivity contribution in [3.8, 4) is 11.3 Å². The van der Waals surface area contributed by atoms with Gasteiger partial charge in [-0.2, -0.15) is 5.10 Å². The van der Waals surface area contributed by atoms with Crippen molar-refractivity contribution >= 4 is 0 Å². The molecule has 1 aliphatic rings. The van der Waals surface area contributed by atoms with Gasteiger partial charge in [0, 0.05) is 24.2 Å². The molecule has 1 aliphatic heterocycles. The Morgan fingerprint density at radius 1 is 1.24 bits per heavy atom. The smallest absolute Gasteiger partial charge is 0.264 e. The van der Waals surface area contributed by atoms with Crippen molar-refractivity contribution in [1.29, 1.82) is 0 Å². The molecule has 0 spiro atoms. The molecule has 110 valence electrons. The number of aromatic amines is 1. The first kappa shape index (κ1) is 14.0. The standard InChI is InChI=1S/C17H21N3O/c1-13-3-2-11-20(13)12-10-14-4-6-15(7-5-14)16-8-9-17(21)19-18-16/h4-9,13H,2-3,10-12H2,1H3,(H,19,21)/t13-/m1/s1. The molecule has 0 radical (unpaired) electrons. The van der Waals surface area contributed by atoms with Gasteiger partial charge in [0.25, 0.3) is 5.56 Å². The predicted octanol–water partition coefficient (Wildman–Crippen LogP) is 2.46. The van der Waals surface area contributed by atoms with E-state index in [1.165, 1.54) is 31.0 Å². The number of rotatable bonds is 4. The van der Waals surface area contributed by atoms with E-state index in [-0.39, 0.29) is 5.56 Å². The quantitative estimate of drug-likeness (QED) is 0.937. The predicted molar refractivity (Wildman–Crippen MR) is 84.3 cm³/mol. The highest BCUT2D eigenvalue weighted by atomic mass is 16.1. The van der Waals surface area contributed by atoms with Crippen molar-refractivity contribution in [1.82, 2.24) is 15.1 Å². The van der Waals surface area contributed by atoms with Crippen LogP contribution in [0.25, 0.3) is 11.3 Å². The van der Waals surface area contributed by atoms with Crippen LogP contribution in [0.4, 0.5) is 0 Å². The SMILES string of the molecule is C[C@@H]1CCCN1CCc1ccc(-c2ccc(=O)[nH]n2)cc1. The number of nitrogens with zero attached hydrogens (tertiary/aromatic N) is 2. The minimum atomic E-state index is -0.171. The van der Waals surface area contributed by atoms with E-state index in [0.29, 0.717) is 0 Å². The molecular formula is C17H21N3O. The first-order chi connectivity index (χ1) is 10.2. The molecule has 0 saturated carbocycles. The largest absolute Gasteiger partial charge is 0.300 e. The summed E-state index contributed by atoms with van der Waals surface area (Å²) in [5.74, 6) is 0. The molecule has 4 heteroatoms. The van der Waals surface area contributed by atoms with Gasteiger partial charge >= 0.3 is 0 Å². The minimum Gasteiger partial charge on any atom is -0.300 e. The zero-order chi connectivity index (χ0) is 14.7. The number of benzene rings is 1. The first-order valence-corrected chi connectivity index (χ1v) is 7.61.